The molecule has 2 aliphatic carbocycles. The summed E-state index contributed by atoms with van der Waals surface area (Å²) in [4.78, 5) is 31.6. The third-order valence-electron chi connectivity index (χ3n) is 6.28. The van der Waals surface area contributed by atoms with Gasteiger partial charge in [-0.3, -0.25) is 14.6 Å². The number of nitrogens with zero attached hydrogens (tertiary/aromatic N) is 1. The normalized spacial score (nSPS) is 25.2. The highest BCUT2D eigenvalue weighted by atomic mass is 16.1. The Morgan fingerprint density at radius 3 is 2.29 bits per heavy atom. The number of ketones is 2. The average molecular weight is 369 g/mol. The third-order valence-corrected chi connectivity index (χ3v) is 6.28. The molecule has 2 aromatic carbocycles. The van der Waals surface area contributed by atoms with Gasteiger partial charge in [-0.15, -0.1) is 0 Å². The van der Waals surface area contributed by atoms with Gasteiger partial charge in [0.25, 0.3) is 0 Å². The highest BCUT2D eigenvalue weighted by molar-refractivity contribution is 6.30. The molecule has 0 aromatic heterocycles. The van der Waals surface area contributed by atoms with Gasteiger partial charge in [-0.05, 0) is 24.3 Å². The molecule has 0 bridgehead atoms. The lowest BCUT2D eigenvalue weighted by Crippen LogP contribution is -2.37. The molecule has 0 saturated carbocycles. The molecule has 2 aromatic rings. The predicted octanol–water partition coefficient (Wildman–Crippen LogP) is 5.04. The van der Waals surface area contributed by atoms with Gasteiger partial charge in [-0.1, -0.05) is 67.9 Å². The number of carbonyl (C=O) groups excluding carboxylic acids is 2. The minimum atomic E-state index is -0.399. The second-order valence-electron chi connectivity index (χ2n) is 9.07. The quantitative estimate of drug-likeness (QED) is 0.707. The zero-order valence-corrected chi connectivity index (χ0v) is 16.5. The molecule has 3 aliphatic rings. The molecule has 0 saturated heterocycles. The highest BCUT2D eigenvalue weighted by Gasteiger charge is 2.50. The largest absolute Gasteiger partial charge is 0.294 e. The van der Waals surface area contributed by atoms with E-state index in [4.69, 9.17) is 4.99 Å². The first-order valence-corrected chi connectivity index (χ1v) is 9.91. The first kappa shape index (κ1) is 17.3. The van der Waals surface area contributed by atoms with Gasteiger partial charge in [-0.25, -0.2) is 0 Å². The van der Waals surface area contributed by atoms with E-state index in [0.717, 1.165) is 40.1 Å². The molecule has 0 fully saturated rings. The van der Waals surface area contributed by atoms with E-state index in [1.165, 1.54) is 5.56 Å². The Kier molecular flexibility index (Phi) is 3.61. The summed E-state index contributed by atoms with van der Waals surface area (Å²) in [5.74, 6) is -0.414. The molecule has 0 radical (unpaired) electrons. The van der Waals surface area contributed by atoms with E-state index in [-0.39, 0.29) is 22.9 Å². The fourth-order valence-corrected chi connectivity index (χ4v) is 5.02. The number of carbonyl (C=O) groups is 2. The summed E-state index contributed by atoms with van der Waals surface area (Å²) in [6.07, 6.45) is 1.27. The van der Waals surface area contributed by atoms with Crippen LogP contribution in [0.25, 0.3) is 0 Å². The van der Waals surface area contributed by atoms with Crippen LogP contribution < -0.4 is 0 Å². The molecule has 0 unspecified atom stereocenters. The zero-order chi connectivity index (χ0) is 19.6. The Balaban J connectivity index is 1.76. The number of benzene rings is 2. The first-order valence-electron chi connectivity index (χ1n) is 9.91. The Labute approximate surface area is 165 Å². The van der Waals surface area contributed by atoms with Crippen LogP contribution in [0.3, 0.4) is 0 Å². The van der Waals surface area contributed by atoms with Crippen molar-refractivity contribution in [2.24, 2.45) is 16.3 Å². The standard InChI is InChI=1S/C25H23NO2/c1-14-8-10-15(11-9-14)20-21-18(12-25(2,3)13-19(21)27)26-23-16-6-4-5-7-17(16)24(28)22(20)23/h4-11,20,22H,12-13H2,1-3H3/t20-,22+/m0/s1. The van der Waals surface area contributed by atoms with Gasteiger partial charge >= 0.3 is 0 Å². The lowest BCUT2D eigenvalue weighted by molar-refractivity contribution is -0.118. The van der Waals surface area contributed by atoms with Gasteiger partial charge in [0.2, 0.25) is 0 Å². The summed E-state index contributed by atoms with van der Waals surface area (Å²) in [6, 6.07) is 16.0. The molecule has 1 heterocycles. The van der Waals surface area contributed by atoms with E-state index in [1.807, 2.05) is 31.2 Å². The fraction of sp³-hybridized carbons (Fsp3) is 0.320. The van der Waals surface area contributed by atoms with Crippen LogP contribution in [0.1, 0.15) is 59.7 Å². The van der Waals surface area contributed by atoms with Crippen LogP contribution in [-0.4, -0.2) is 17.3 Å². The Morgan fingerprint density at radius 1 is 0.893 bits per heavy atom. The van der Waals surface area contributed by atoms with Crippen LogP contribution in [0.15, 0.2) is 64.8 Å². The van der Waals surface area contributed by atoms with E-state index in [9.17, 15) is 9.59 Å². The van der Waals surface area contributed by atoms with Crippen molar-refractivity contribution in [2.75, 3.05) is 0 Å². The molecule has 0 amide bonds. The maximum Gasteiger partial charge on any atom is 0.173 e. The summed E-state index contributed by atoms with van der Waals surface area (Å²) < 4.78 is 0. The van der Waals surface area contributed by atoms with E-state index >= 15 is 0 Å². The minimum Gasteiger partial charge on any atom is -0.294 e. The number of aryl methyl sites for hydroxylation is 1. The van der Waals surface area contributed by atoms with Crippen molar-refractivity contribution >= 4 is 17.3 Å². The van der Waals surface area contributed by atoms with Crippen molar-refractivity contribution < 1.29 is 9.59 Å². The van der Waals surface area contributed by atoms with Gasteiger partial charge < -0.3 is 0 Å². The fourth-order valence-electron chi connectivity index (χ4n) is 5.02. The molecular weight excluding hydrogens is 346 g/mol. The van der Waals surface area contributed by atoms with Gasteiger partial charge in [0.1, 0.15) is 0 Å². The van der Waals surface area contributed by atoms with Crippen LogP contribution in [0.4, 0.5) is 0 Å². The number of Topliss-reactive ketones (excluding diaryl/α,β-unsaturated/α-hetero) is 2. The molecule has 0 N–H and O–H groups in total. The summed E-state index contributed by atoms with van der Waals surface area (Å²) in [5.41, 5.74) is 6.24. The number of aliphatic imine (C=N–C) groups is 1. The van der Waals surface area contributed by atoms with Crippen molar-refractivity contribution in [1.29, 1.82) is 0 Å². The van der Waals surface area contributed by atoms with E-state index in [0.29, 0.717) is 6.42 Å². The van der Waals surface area contributed by atoms with E-state index in [2.05, 4.69) is 38.1 Å². The molecule has 0 spiro atoms. The number of rotatable bonds is 1. The summed E-state index contributed by atoms with van der Waals surface area (Å²) in [7, 11) is 0. The van der Waals surface area contributed by atoms with Crippen LogP contribution in [0.5, 0.6) is 0 Å². The molecule has 28 heavy (non-hydrogen) atoms. The van der Waals surface area contributed by atoms with Crippen molar-refractivity contribution in [3.63, 3.8) is 0 Å². The number of hydrogen-bond acceptors (Lipinski definition) is 3. The van der Waals surface area contributed by atoms with Crippen LogP contribution in [0, 0.1) is 18.3 Å². The Bertz CT molecular complexity index is 1090. The third kappa shape index (κ3) is 2.46. The second-order valence-corrected chi connectivity index (χ2v) is 9.07. The lowest BCUT2D eigenvalue weighted by Gasteiger charge is -2.38. The number of allylic oxidation sites excluding steroid dienone is 2. The lowest BCUT2D eigenvalue weighted by atomic mass is 9.66. The van der Waals surface area contributed by atoms with Crippen LogP contribution in [0.2, 0.25) is 0 Å². The molecule has 140 valence electrons. The SMILES string of the molecule is Cc1ccc([C@H]2C3=C(CC(C)(C)CC3=O)N=C3c4ccccc4C(=O)[C@@H]32)cc1. The number of hydrogen-bond donors (Lipinski definition) is 0. The minimum absolute atomic E-state index is 0.0871. The van der Waals surface area contributed by atoms with Crippen LogP contribution in [-0.2, 0) is 4.79 Å². The Hall–Kier alpha value is -2.81. The first-order chi connectivity index (χ1) is 13.4. The second kappa shape index (κ2) is 5.84. The molecule has 2 atom stereocenters. The topological polar surface area (TPSA) is 46.5 Å². The molecule has 3 heteroatoms. The molecular formula is C25H23NO2. The molecule has 3 nitrogen and oxygen atoms in total. The van der Waals surface area contributed by atoms with Gasteiger partial charge in [-0.2, -0.15) is 0 Å². The van der Waals surface area contributed by atoms with Crippen molar-refractivity contribution in [3.8, 4) is 0 Å². The van der Waals surface area contributed by atoms with Crippen LogP contribution >= 0.6 is 0 Å². The molecule has 5 rings (SSSR count). The summed E-state index contributed by atoms with van der Waals surface area (Å²) in [5, 5.41) is 0. The van der Waals surface area contributed by atoms with Gasteiger partial charge in [0.05, 0.1) is 11.6 Å². The van der Waals surface area contributed by atoms with Crippen molar-refractivity contribution in [3.05, 3.63) is 82.1 Å². The van der Waals surface area contributed by atoms with E-state index in [1.54, 1.807) is 0 Å². The average Bonchev–Trinajstić information content (AvgIpc) is 2.93. The van der Waals surface area contributed by atoms with Crippen molar-refractivity contribution in [1.82, 2.24) is 0 Å². The van der Waals surface area contributed by atoms with E-state index < -0.39 is 5.92 Å². The van der Waals surface area contributed by atoms with Crippen molar-refractivity contribution in [2.45, 2.75) is 39.5 Å². The van der Waals surface area contributed by atoms with Gasteiger partial charge in [0.15, 0.2) is 11.6 Å². The smallest absolute Gasteiger partial charge is 0.173 e. The number of fused-ring (bicyclic) bond motifs is 3. The highest BCUT2D eigenvalue weighted by Crippen LogP contribution is 2.51. The van der Waals surface area contributed by atoms with Gasteiger partial charge in [0, 0.05) is 34.7 Å². The maximum absolute atomic E-state index is 13.4. The monoisotopic (exact) mass is 369 g/mol. The molecule has 1 aliphatic heterocycles. The predicted molar refractivity (Wildman–Crippen MR) is 110 cm³/mol. The summed E-state index contributed by atoms with van der Waals surface area (Å²) >= 11 is 0. The zero-order valence-electron chi connectivity index (χ0n) is 16.5. The Morgan fingerprint density at radius 2 is 1.57 bits per heavy atom. The summed E-state index contributed by atoms with van der Waals surface area (Å²) in [6.45, 7) is 6.29. The maximum atomic E-state index is 13.4.